The Labute approximate surface area is 176 Å². The lowest BCUT2D eigenvalue weighted by Crippen LogP contribution is -2.50. The van der Waals surface area contributed by atoms with Crippen molar-refractivity contribution in [1.29, 1.82) is 0 Å². The second-order valence-corrected chi connectivity index (χ2v) is 7.06. The van der Waals surface area contributed by atoms with Crippen molar-refractivity contribution in [3.8, 4) is 0 Å². The highest BCUT2D eigenvalue weighted by molar-refractivity contribution is 6.03. The molecular weight excluding hydrogens is 382 g/mol. The van der Waals surface area contributed by atoms with Crippen LogP contribution >= 0.6 is 0 Å². The third kappa shape index (κ3) is 5.59. The van der Waals surface area contributed by atoms with Crippen molar-refractivity contribution in [2.75, 3.05) is 38.1 Å². The summed E-state index contributed by atoms with van der Waals surface area (Å²) in [7, 11) is 0. The number of nitrogens with one attached hydrogen (secondary N) is 1. The Bertz CT molecular complexity index is 877. The van der Waals surface area contributed by atoms with Gasteiger partial charge in [-0.05, 0) is 31.0 Å². The van der Waals surface area contributed by atoms with Crippen LogP contribution in [0.4, 0.5) is 10.5 Å². The predicted octanol–water partition coefficient (Wildman–Crippen LogP) is 3.17. The van der Waals surface area contributed by atoms with Gasteiger partial charge in [0, 0.05) is 32.6 Å². The first-order valence-electron chi connectivity index (χ1n) is 10.2. The Morgan fingerprint density at radius 2 is 1.53 bits per heavy atom. The molecule has 1 heterocycles. The van der Waals surface area contributed by atoms with Crippen molar-refractivity contribution >= 4 is 23.6 Å². The maximum Gasteiger partial charge on any atom is 0.409 e. The van der Waals surface area contributed by atoms with Gasteiger partial charge in [0.05, 0.1) is 17.9 Å². The summed E-state index contributed by atoms with van der Waals surface area (Å²) in [5.41, 5.74) is 2.06. The number of carbonyl (C=O) groups is 3. The van der Waals surface area contributed by atoms with E-state index in [0.717, 1.165) is 5.56 Å². The molecule has 0 aromatic heterocycles. The summed E-state index contributed by atoms with van der Waals surface area (Å²) >= 11 is 0. The van der Waals surface area contributed by atoms with E-state index in [1.165, 1.54) is 0 Å². The number of piperazine rings is 1. The lowest BCUT2D eigenvalue weighted by molar-refractivity contribution is -0.116. The third-order valence-electron chi connectivity index (χ3n) is 5.01. The van der Waals surface area contributed by atoms with E-state index in [9.17, 15) is 14.4 Å². The van der Waals surface area contributed by atoms with Crippen LogP contribution in [0.15, 0.2) is 54.6 Å². The Morgan fingerprint density at radius 3 is 2.23 bits per heavy atom. The van der Waals surface area contributed by atoms with Crippen LogP contribution in [0, 0.1) is 0 Å². The summed E-state index contributed by atoms with van der Waals surface area (Å²) in [5.74, 6) is -0.288. The average molecular weight is 409 g/mol. The number of rotatable bonds is 6. The van der Waals surface area contributed by atoms with Gasteiger partial charge in [0.1, 0.15) is 0 Å². The molecule has 2 aromatic carbocycles. The summed E-state index contributed by atoms with van der Waals surface area (Å²) in [4.78, 5) is 40.6. The van der Waals surface area contributed by atoms with Gasteiger partial charge in [-0.2, -0.15) is 0 Å². The maximum absolute atomic E-state index is 13.0. The molecule has 158 valence electrons. The van der Waals surface area contributed by atoms with Gasteiger partial charge in [-0.3, -0.25) is 9.59 Å². The molecule has 1 aliphatic rings. The topological polar surface area (TPSA) is 79.0 Å². The molecular formula is C23H27N3O4. The van der Waals surface area contributed by atoms with Gasteiger partial charge in [0.2, 0.25) is 5.91 Å². The van der Waals surface area contributed by atoms with Gasteiger partial charge < -0.3 is 19.9 Å². The molecule has 3 amide bonds. The first-order chi connectivity index (χ1) is 14.6. The largest absolute Gasteiger partial charge is 0.450 e. The van der Waals surface area contributed by atoms with E-state index >= 15 is 0 Å². The summed E-state index contributed by atoms with van der Waals surface area (Å²) in [5, 5.41) is 2.87. The summed E-state index contributed by atoms with van der Waals surface area (Å²) in [6.07, 6.45) is 0.624. The highest BCUT2D eigenvalue weighted by Gasteiger charge is 2.26. The molecule has 1 fully saturated rings. The molecule has 2 aromatic rings. The van der Waals surface area contributed by atoms with Crippen molar-refractivity contribution in [2.45, 2.75) is 19.8 Å². The summed E-state index contributed by atoms with van der Waals surface area (Å²) in [6, 6.07) is 16.8. The molecule has 7 heteroatoms. The molecule has 1 aliphatic heterocycles. The van der Waals surface area contributed by atoms with E-state index in [-0.39, 0.29) is 17.9 Å². The van der Waals surface area contributed by atoms with Gasteiger partial charge in [-0.15, -0.1) is 0 Å². The van der Waals surface area contributed by atoms with E-state index in [0.29, 0.717) is 56.9 Å². The molecule has 30 heavy (non-hydrogen) atoms. The smallest absolute Gasteiger partial charge is 0.409 e. The minimum absolute atomic E-state index is 0.133. The standard InChI is InChI=1S/C23H27N3O4/c1-2-30-23(29)26-16-14-25(15-17-26)22(28)19-10-6-7-11-20(19)24-21(27)13-12-18-8-4-3-5-9-18/h3-11H,2,12-17H2,1H3,(H,24,27). The Hall–Kier alpha value is -3.35. The summed E-state index contributed by atoms with van der Waals surface area (Å²) < 4.78 is 5.02. The highest BCUT2D eigenvalue weighted by Crippen LogP contribution is 2.19. The van der Waals surface area contributed by atoms with Crippen molar-refractivity contribution in [1.82, 2.24) is 9.80 Å². The van der Waals surface area contributed by atoms with Crippen LogP contribution in [-0.2, 0) is 16.0 Å². The zero-order valence-corrected chi connectivity index (χ0v) is 17.2. The zero-order valence-electron chi connectivity index (χ0n) is 17.2. The SMILES string of the molecule is CCOC(=O)N1CCN(C(=O)c2ccccc2NC(=O)CCc2ccccc2)CC1. The molecule has 0 radical (unpaired) electrons. The van der Waals surface area contributed by atoms with Crippen LogP contribution in [0.2, 0.25) is 0 Å². The molecule has 0 bridgehead atoms. The van der Waals surface area contributed by atoms with Crippen molar-refractivity contribution in [3.63, 3.8) is 0 Å². The number of aryl methyl sites for hydroxylation is 1. The van der Waals surface area contributed by atoms with Crippen LogP contribution in [0.5, 0.6) is 0 Å². The van der Waals surface area contributed by atoms with Crippen LogP contribution < -0.4 is 5.32 Å². The molecule has 0 aliphatic carbocycles. The molecule has 0 atom stereocenters. The molecule has 0 unspecified atom stereocenters. The van der Waals surface area contributed by atoms with Gasteiger partial charge in [0.15, 0.2) is 0 Å². The van der Waals surface area contributed by atoms with Crippen LogP contribution in [0.25, 0.3) is 0 Å². The fourth-order valence-corrected chi connectivity index (χ4v) is 3.37. The molecule has 3 rings (SSSR count). The zero-order chi connectivity index (χ0) is 21.3. The van der Waals surface area contributed by atoms with Gasteiger partial charge in [0.25, 0.3) is 5.91 Å². The lowest BCUT2D eigenvalue weighted by Gasteiger charge is -2.34. The van der Waals surface area contributed by atoms with Crippen LogP contribution in [-0.4, -0.2) is 60.5 Å². The first kappa shape index (κ1) is 21.4. The average Bonchev–Trinajstić information content (AvgIpc) is 2.78. The number of amides is 3. The molecule has 0 spiro atoms. The number of ether oxygens (including phenoxy) is 1. The molecule has 7 nitrogen and oxygen atoms in total. The fraction of sp³-hybridized carbons (Fsp3) is 0.348. The first-order valence-corrected chi connectivity index (χ1v) is 10.2. The van der Waals surface area contributed by atoms with Crippen molar-refractivity contribution in [3.05, 3.63) is 65.7 Å². The van der Waals surface area contributed by atoms with E-state index in [4.69, 9.17) is 4.74 Å². The molecule has 0 saturated carbocycles. The Kier molecular flexibility index (Phi) is 7.43. The number of hydrogen-bond donors (Lipinski definition) is 1. The quantitative estimate of drug-likeness (QED) is 0.795. The second-order valence-electron chi connectivity index (χ2n) is 7.06. The minimum atomic E-state index is -0.351. The predicted molar refractivity (Wildman–Crippen MR) is 114 cm³/mol. The number of benzene rings is 2. The lowest BCUT2D eigenvalue weighted by atomic mass is 10.1. The monoisotopic (exact) mass is 409 g/mol. The summed E-state index contributed by atoms with van der Waals surface area (Å²) in [6.45, 7) is 3.80. The second kappa shape index (κ2) is 10.4. The maximum atomic E-state index is 13.0. The highest BCUT2D eigenvalue weighted by atomic mass is 16.6. The van der Waals surface area contributed by atoms with E-state index in [1.807, 2.05) is 30.3 Å². The molecule has 1 saturated heterocycles. The van der Waals surface area contributed by atoms with Crippen LogP contribution in [0.3, 0.4) is 0 Å². The fourth-order valence-electron chi connectivity index (χ4n) is 3.37. The van der Waals surface area contributed by atoms with Gasteiger partial charge >= 0.3 is 6.09 Å². The Balaban J connectivity index is 1.58. The van der Waals surface area contributed by atoms with Crippen molar-refractivity contribution in [2.24, 2.45) is 0 Å². The number of anilines is 1. The number of nitrogens with zero attached hydrogens (tertiary/aromatic N) is 2. The van der Waals surface area contributed by atoms with Crippen LogP contribution in [0.1, 0.15) is 29.3 Å². The van der Waals surface area contributed by atoms with Gasteiger partial charge in [-0.1, -0.05) is 42.5 Å². The number of carbonyl (C=O) groups excluding carboxylic acids is 3. The molecule has 1 N–H and O–H groups in total. The number of para-hydroxylation sites is 1. The van der Waals surface area contributed by atoms with E-state index in [2.05, 4.69) is 5.32 Å². The van der Waals surface area contributed by atoms with E-state index in [1.54, 1.807) is 41.0 Å². The minimum Gasteiger partial charge on any atom is -0.450 e. The third-order valence-corrected chi connectivity index (χ3v) is 5.01. The Morgan fingerprint density at radius 1 is 0.900 bits per heavy atom. The normalized spacial score (nSPS) is 13.6. The number of hydrogen-bond acceptors (Lipinski definition) is 4. The van der Waals surface area contributed by atoms with E-state index < -0.39 is 0 Å². The van der Waals surface area contributed by atoms with Crippen molar-refractivity contribution < 1.29 is 19.1 Å². The van der Waals surface area contributed by atoms with Gasteiger partial charge in [-0.25, -0.2) is 4.79 Å².